The highest BCUT2D eigenvalue weighted by molar-refractivity contribution is 7.10. The molecule has 0 aromatic carbocycles. The first-order chi connectivity index (χ1) is 9.56. The minimum absolute atomic E-state index is 0.270. The molecule has 3 aromatic rings. The van der Waals surface area contributed by atoms with Gasteiger partial charge >= 0.3 is 0 Å². The number of pyridine rings is 1. The van der Waals surface area contributed by atoms with Gasteiger partial charge in [0.25, 0.3) is 5.89 Å². The Morgan fingerprint density at radius 1 is 1.35 bits per heavy atom. The first-order valence-corrected chi connectivity index (χ1v) is 6.96. The predicted molar refractivity (Wildman–Crippen MR) is 77.8 cm³/mol. The SMILES string of the molecule is Cc1nsc(N)c1-c1nc(-c2ncc(Cl)cc2Cl)no1. The second kappa shape index (κ2) is 5.01. The molecule has 20 heavy (non-hydrogen) atoms. The molecule has 0 unspecified atom stereocenters. The van der Waals surface area contributed by atoms with E-state index in [0.29, 0.717) is 26.3 Å². The van der Waals surface area contributed by atoms with Crippen molar-refractivity contribution in [1.82, 2.24) is 19.5 Å². The summed E-state index contributed by atoms with van der Waals surface area (Å²) in [4.78, 5) is 8.35. The molecule has 3 heterocycles. The number of aryl methyl sites for hydroxylation is 1. The summed E-state index contributed by atoms with van der Waals surface area (Å²) in [5, 5.41) is 5.16. The molecule has 0 bridgehead atoms. The highest BCUT2D eigenvalue weighted by Crippen LogP contribution is 2.33. The Morgan fingerprint density at radius 2 is 2.15 bits per heavy atom. The third-order valence-corrected chi connectivity index (χ3v) is 3.81. The van der Waals surface area contributed by atoms with Crippen molar-refractivity contribution in [1.29, 1.82) is 0 Å². The van der Waals surface area contributed by atoms with Gasteiger partial charge in [-0.3, -0.25) is 0 Å². The molecule has 0 radical (unpaired) electrons. The standard InChI is InChI=1S/C11H7Cl2N5OS/c1-4-7(9(14)20-18-4)11-16-10(17-19-11)8-6(13)2-5(12)3-15-8/h2-3H,14H2,1H3. The lowest BCUT2D eigenvalue weighted by molar-refractivity contribution is 0.432. The van der Waals surface area contributed by atoms with Crippen molar-refractivity contribution < 1.29 is 4.52 Å². The van der Waals surface area contributed by atoms with E-state index in [1.165, 1.54) is 17.7 Å². The van der Waals surface area contributed by atoms with E-state index >= 15 is 0 Å². The highest BCUT2D eigenvalue weighted by atomic mass is 35.5. The van der Waals surface area contributed by atoms with E-state index < -0.39 is 0 Å². The van der Waals surface area contributed by atoms with Gasteiger partial charge in [0.15, 0.2) is 0 Å². The molecule has 0 amide bonds. The second-order valence-corrected chi connectivity index (χ2v) is 5.56. The minimum Gasteiger partial charge on any atom is -0.389 e. The van der Waals surface area contributed by atoms with E-state index in [4.69, 9.17) is 33.5 Å². The van der Waals surface area contributed by atoms with Crippen molar-refractivity contribution in [3.63, 3.8) is 0 Å². The summed E-state index contributed by atoms with van der Waals surface area (Å²) in [6.45, 7) is 1.82. The summed E-state index contributed by atoms with van der Waals surface area (Å²) in [6, 6.07) is 1.56. The number of anilines is 1. The van der Waals surface area contributed by atoms with Crippen molar-refractivity contribution in [2.24, 2.45) is 0 Å². The molecule has 0 aliphatic heterocycles. The Kier molecular flexibility index (Phi) is 3.33. The van der Waals surface area contributed by atoms with Crippen molar-refractivity contribution >= 4 is 39.7 Å². The fourth-order valence-electron chi connectivity index (χ4n) is 1.65. The lowest BCUT2D eigenvalue weighted by atomic mass is 10.2. The van der Waals surface area contributed by atoms with Crippen molar-refractivity contribution in [3.05, 3.63) is 28.0 Å². The fourth-order valence-corrected chi connectivity index (χ4v) is 2.77. The number of aromatic nitrogens is 4. The van der Waals surface area contributed by atoms with Gasteiger partial charge in [-0.25, -0.2) is 4.98 Å². The van der Waals surface area contributed by atoms with Crippen LogP contribution in [0.1, 0.15) is 5.69 Å². The number of nitrogen functional groups attached to an aromatic ring is 1. The van der Waals surface area contributed by atoms with Crippen LogP contribution in [0.4, 0.5) is 5.00 Å². The number of rotatable bonds is 2. The number of hydrogen-bond donors (Lipinski definition) is 1. The molecule has 102 valence electrons. The molecule has 0 saturated heterocycles. The van der Waals surface area contributed by atoms with Crippen molar-refractivity contribution in [2.75, 3.05) is 5.73 Å². The molecule has 9 heteroatoms. The molecular weight excluding hydrogens is 321 g/mol. The molecule has 6 nitrogen and oxygen atoms in total. The van der Waals surface area contributed by atoms with Crippen molar-refractivity contribution in [2.45, 2.75) is 6.92 Å². The number of halogens is 2. The van der Waals surface area contributed by atoms with Crippen LogP contribution in [0.5, 0.6) is 0 Å². The maximum absolute atomic E-state index is 6.06. The Balaban J connectivity index is 2.07. The van der Waals surface area contributed by atoms with E-state index in [9.17, 15) is 0 Å². The Hall–Kier alpha value is -1.70. The third kappa shape index (κ3) is 2.24. The molecule has 0 fully saturated rings. The Morgan fingerprint density at radius 3 is 2.80 bits per heavy atom. The monoisotopic (exact) mass is 327 g/mol. The second-order valence-electron chi connectivity index (χ2n) is 3.91. The maximum atomic E-state index is 6.06. The maximum Gasteiger partial charge on any atom is 0.263 e. The highest BCUT2D eigenvalue weighted by Gasteiger charge is 2.19. The molecule has 0 saturated carbocycles. The van der Waals surface area contributed by atoms with Gasteiger partial charge in [-0.05, 0) is 24.5 Å². The first kappa shape index (κ1) is 13.3. The van der Waals surface area contributed by atoms with E-state index in [1.54, 1.807) is 6.07 Å². The Labute approximate surface area is 127 Å². The van der Waals surface area contributed by atoms with E-state index in [1.807, 2.05) is 6.92 Å². The summed E-state index contributed by atoms with van der Waals surface area (Å²) in [7, 11) is 0. The topological polar surface area (TPSA) is 90.7 Å². The molecule has 3 aromatic heterocycles. The molecular formula is C11H7Cl2N5OS. The van der Waals surface area contributed by atoms with Gasteiger partial charge in [0, 0.05) is 6.20 Å². The van der Waals surface area contributed by atoms with Gasteiger partial charge < -0.3 is 10.3 Å². The predicted octanol–water partition coefficient (Wildman–Crippen LogP) is 3.45. The molecule has 0 aliphatic carbocycles. The van der Waals surface area contributed by atoms with Crippen LogP contribution in [0.15, 0.2) is 16.8 Å². The van der Waals surface area contributed by atoms with E-state index in [0.717, 1.165) is 5.69 Å². The molecule has 0 aliphatic rings. The number of hydrogen-bond acceptors (Lipinski definition) is 7. The lowest BCUT2D eigenvalue weighted by Gasteiger charge is -1.97. The van der Waals surface area contributed by atoms with Gasteiger partial charge in [0.1, 0.15) is 10.7 Å². The summed E-state index contributed by atoms with van der Waals surface area (Å²) in [5.41, 5.74) is 7.61. The average molecular weight is 328 g/mol. The zero-order valence-electron chi connectivity index (χ0n) is 10.1. The molecule has 3 rings (SSSR count). The normalized spacial score (nSPS) is 10.9. The fraction of sp³-hybridized carbons (Fsp3) is 0.0909. The molecule has 2 N–H and O–H groups in total. The summed E-state index contributed by atoms with van der Waals surface area (Å²) in [5.74, 6) is 0.559. The van der Waals surface area contributed by atoms with Gasteiger partial charge in [-0.15, -0.1) is 0 Å². The van der Waals surface area contributed by atoms with Gasteiger partial charge in [0.05, 0.1) is 21.3 Å². The molecule has 0 spiro atoms. The van der Waals surface area contributed by atoms with Gasteiger partial charge in [-0.1, -0.05) is 28.4 Å². The largest absolute Gasteiger partial charge is 0.389 e. The van der Waals surface area contributed by atoms with Crippen molar-refractivity contribution in [3.8, 4) is 23.0 Å². The quantitative estimate of drug-likeness (QED) is 0.775. The smallest absolute Gasteiger partial charge is 0.263 e. The zero-order chi connectivity index (χ0) is 14.3. The van der Waals surface area contributed by atoms with Crippen LogP contribution in [0.25, 0.3) is 23.0 Å². The number of nitrogens with two attached hydrogens (primary N) is 1. The van der Waals surface area contributed by atoms with E-state index in [-0.39, 0.29) is 11.7 Å². The van der Waals surface area contributed by atoms with Crippen LogP contribution in [-0.4, -0.2) is 19.5 Å². The summed E-state index contributed by atoms with van der Waals surface area (Å²) < 4.78 is 9.34. The van der Waals surface area contributed by atoms with E-state index in [2.05, 4.69) is 19.5 Å². The van der Waals surface area contributed by atoms with Crippen LogP contribution in [0.2, 0.25) is 10.0 Å². The van der Waals surface area contributed by atoms with Crippen LogP contribution in [-0.2, 0) is 0 Å². The van der Waals surface area contributed by atoms with Crippen LogP contribution < -0.4 is 5.73 Å². The average Bonchev–Trinajstić information content (AvgIpc) is 2.97. The van der Waals surface area contributed by atoms with Gasteiger partial charge in [0.2, 0.25) is 5.82 Å². The summed E-state index contributed by atoms with van der Waals surface area (Å²) in [6.07, 6.45) is 1.46. The van der Waals surface area contributed by atoms with Crippen LogP contribution in [0.3, 0.4) is 0 Å². The third-order valence-electron chi connectivity index (χ3n) is 2.55. The molecule has 0 atom stereocenters. The Bertz CT molecular complexity index is 765. The first-order valence-electron chi connectivity index (χ1n) is 5.43. The summed E-state index contributed by atoms with van der Waals surface area (Å²) >= 11 is 13.0. The minimum atomic E-state index is 0.270. The van der Waals surface area contributed by atoms with Crippen LogP contribution >= 0.6 is 34.7 Å². The van der Waals surface area contributed by atoms with Gasteiger partial charge in [-0.2, -0.15) is 9.36 Å². The van der Waals surface area contributed by atoms with Crippen LogP contribution in [0, 0.1) is 6.92 Å². The zero-order valence-corrected chi connectivity index (χ0v) is 12.4. The number of nitrogens with zero attached hydrogens (tertiary/aromatic N) is 4. The lowest BCUT2D eigenvalue weighted by Crippen LogP contribution is -1.89.